The first-order valence-electron chi connectivity index (χ1n) is 14.1. The standard InChI is InChI=1S/C32H33N3O7S/c1-19-8-7-10-23(27(19)39-4)35-30(36)26-20(2)28(29-33-14-17-41-29)43-31(26)34(32(35)37)18-25(42-21-12-15-40-16-13-21)22-9-5-6-11-24(22)38-3/h5-11,14,17,21,25H,12-13,15-16,18H2,1-4H3. The summed E-state index contributed by atoms with van der Waals surface area (Å²) in [6.45, 7) is 5.07. The molecule has 224 valence electrons. The molecular weight excluding hydrogens is 570 g/mol. The summed E-state index contributed by atoms with van der Waals surface area (Å²) in [5, 5.41) is 0.409. The van der Waals surface area contributed by atoms with Gasteiger partial charge in [-0.15, -0.1) is 11.3 Å². The summed E-state index contributed by atoms with van der Waals surface area (Å²) in [7, 11) is 3.15. The molecule has 43 heavy (non-hydrogen) atoms. The molecule has 11 heteroatoms. The van der Waals surface area contributed by atoms with Gasteiger partial charge in [0.05, 0.1) is 49.0 Å². The number of oxazole rings is 1. The van der Waals surface area contributed by atoms with Crippen molar-refractivity contribution < 1.29 is 23.4 Å². The van der Waals surface area contributed by atoms with Crippen molar-refractivity contribution in [1.82, 2.24) is 14.1 Å². The monoisotopic (exact) mass is 603 g/mol. The van der Waals surface area contributed by atoms with E-state index in [1.165, 1.54) is 29.3 Å². The molecule has 0 N–H and O–H groups in total. The lowest BCUT2D eigenvalue weighted by molar-refractivity contribution is -0.0752. The minimum Gasteiger partial charge on any atom is -0.496 e. The summed E-state index contributed by atoms with van der Waals surface area (Å²) in [4.78, 5) is 34.3. The zero-order valence-electron chi connectivity index (χ0n) is 24.5. The highest BCUT2D eigenvalue weighted by Crippen LogP contribution is 2.38. The summed E-state index contributed by atoms with van der Waals surface area (Å²) in [5.41, 5.74) is 1.72. The van der Waals surface area contributed by atoms with Gasteiger partial charge in [-0.3, -0.25) is 9.36 Å². The number of ether oxygens (including phenoxy) is 4. The molecule has 10 nitrogen and oxygen atoms in total. The van der Waals surface area contributed by atoms with Crippen LogP contribution in [0.3, 0.4) is 0 Å². The molecule has 2 aromatic carbocycles. The molecule has 0 saturated carbocycles. The van der Waals surface area contributed by atoms with Gasteiger partial charge in [-0.25, -0.2) is 14.3 Å². The highest BCUT2D eigenvalue weighted by atomic mass is 32.1. The fourth-order valence-corrected chi connectivity index (χ4v) is 6.94. The second-order valence-electron chi connectivity index (χ2n) is 10.4. The third-order valence-corrected chi connectivity index (χ3v) is 9.14. The second kappa shape index (κ2) is 12.2. The number of nitrogens with zero attached hydrogens (tertiary/aromatic N) is 3. The summed E-state index contributed by atoms with van der Waals surface area (Å²) >= 11 is 1.30. The fraction of sp³-hybridized carbons (Fsp3) is 0.344. The zero-order valence-corrected chi connectivity index (χ0v) is 25.3. The molecule has 1 saturated heterocycles. The van der Waals surface area contributed by atoms with E-state index in [0.29, 0.717) is 56.9 Å². The maximum Gasteiger partial charge on any atom is 0.336 e. The Balaban J connectivity index is 1.61. The van der Waals surface area contributed by atoms with E-state index in [4.69, 9.17) is 23.4 Å². The van der Waals surface area contributed by atoms with E-state index in [-0.39, 0.29) is 12.6 Å². The number of hydrogen-bond donors (Lipinski definition) is 0. The molecule has 6 rings (SSSR count). The quantitative estimate of drug-likeness (QED) is 0.219. The van der Waals surface area contributed by atoms with Crippen molar-refractivity contribution >= 4 is 21.6 Å². The van der Waals surface area contributed by atoms with Crippen molar-refractivity contribution in [2.24, 2.45) is 0 Å². The Hall–Kier alpha value is -4.19. The fourth-order valence-electron chi connectivity index (χ4n) is 5.70. The van der Waals surface area contributed by atoms with E-state index in [1.807, 2.05) is 44.2 Å². The van der Waals surface area contributed by atoms with Gasteiger partial charge in [0.25, 0.3) is 5.56 Å². The molecule has 1 aliphatic rings. The Morgan fingerprint density at radius 3 is 2.56 bits per heavy atom. The van der Waals surface area contributed by atoms with E-state index < -0.39 is 17.4 Å². The average Bonchev–Trinajstić information content (AvgIpc) is 3.67. The van der Waals surface area contributed by atoms with Crippen molar-refractivity contribution in [1.29, 1.82) is 0 Å². The van der Waals surface area contributed by atoms with E-state index in [9.17, 15) is 9.59 Å². The first-order valence-corrected chi connectivity index (χ1v) is 14.9. The van der Waals surface area contributed by atoms with Crippen molar-refractivity contribution in [3.8, 4) is 28.0 Å². The highest BCUT2D eigenvalue weighted by Gasteiger charge is 2.29. The van der Waals surface area contributed by atoms with Gasteiger partial charge < -0.3 is 23.4 Å². The van der Waals surface area contributed by atoms with Gasteiger partial charge in [-0.2, -0.15) is 0 Å². The molecule has 1 aliphatic heterocycles. The van der Waals surface area contributed by atoms with Crippen LogP contribution in [0.4, 0.5) is 0 Å². The largest absolute Gasteiger partial charge is 0.496 e. The summed E-state index contributed by atoms with van der Waals surface area (Å²) in [5.74, 6) is 1.49. The number of thiophene rings is 1. The van der Waals surface area contributed by atoms with Crippen LogP contribution in [-0.2, 0) is 16.0 Å². The van der Waals surface area contributed by atoms with Crippen molar-refractivity contribution in [3.63, 3.8) is 0 Å². The van der Waals surface area contributed by atoms with Crippen molar-refractivity contribution in [2.45, 2.75) is 45.4 Å². The number of fused-ring (bicyclic) bond motifs is 1. The lowest BCUT2D eigenvalue weighted by Gasteiger charge is -2.29. The Morgan fingerprint density at radius 1 is 1.05 bits per heavy atom. The topological polar surface area (TPSA) is 107 Å². The van der Waals surface area contributed by atoms with E-state index in [1.54, 1.807) is 30.0 Å². The number of methoxy groups -OCH3 is 2. The van der Waals surface area contributed by atoms with Gasteiger partial charge in [-0.05, 0) is 49.9 Å². The first-order chi connectivity index (χ1) is 20.9. The second-order valence-corrected chi connectivity index (χ2v) is 11.4. The Bertz CT molecular complexity index is 1870. The number of para-hydroxylation sites is 2. The van der Waals surface area contributed by atoms with Crippen LogP contribution in [-0.4, -0.2) is 47.7 Å². The minimum absolute atomic E-state index is 0.0643. The van der Waals surface area contributed by atoms with E-state index in [2.05, 4.69) is 4.98 Å². The molecule has 0 bridgehead atoms. The molecule has 0 spiro atoms. The summed E-state index contributed by atoms with van der Waals surface area (Å²) in [6.07, 6.45) is 3.90. The molecule has 3 aromatic heterocycles. The normalized spacial score (nSPS) is 14.7. The van der Waals surface area contributed by atoms with Gasteiger partial charge in [0.1, 0.15) is 28.7 Å². The number of hydrogen-bond acceptors (Lipinski definition) is 9. The molecule has 1 atom stereocenters. The number of aryl methyl sites for hydroxylation is 2. The van der Waals surface area contributed by atoms with Crippen molar-refractivity contribution in [3.05, 3.63) is 92.5 Å². The first kappa shape index (κ1) is 28.9. The van der Waals surface area contributed by atoms with Crippen LogP contribution in [0.2, 0.25) is 0 Å². The Kier molecular flexibility index (Phi) is 8.20. The maximum atomic E-state index is 14.5. The van der Waals surface area contributed by atoms with Gasteiger partial charge in [0, 0.05) is 18.8 Å². The summed E-state index contributed by atoms with van der Waals surface area (Å²) < 4.78 is 32.1. The Labute approximate surface area is 252 Å². The average molecular weight is 604 g/mol. The molecule has 0 radical (unpaired) electrons. The van der Waals surface area contributed by atoms with E-state index in [0.717, 1.165) is 24.0 Å². The third kappa shape index (κ3) is 5.28. The van der Waals surface area contributed by atoms with Crippen LogP contribution >= 0.6 is 11.3 Å². The van der Waals surface area contributed by atoms with E-state index >= 15 is 0 Å². The smallest absolute Gasteiger partial charge is 0.336 e. The third-order valence-electron chi connectivity index (χ3n) is 7.83. The zero-order chi connectivity index (χ0) is 30.1. The molecule has 0 aliphatic carbocycles. The molecule has 0 amide bonds. The van der Waals surface area contributed by atoms with Crippen LogP contribution < -0.4 is 20.7 Å². The van der Waals surface area contributed by atoms with Gasteiger partial charge in [0.2, 0.25) is 5.89 Å². The van der Waals surface area contributed by atoms with Crippen LogP contribution in [0, 0.1) is 13.8 Å². The SMILES string of the molecule is COc1ccccc1C(Cn1c(=O)n(-c2cccc(C)c2OC)c(=O)c2c(C)c(-c3ncco3)sc21)OC1CCOCC1. The highest BCUT2D eigenvalue weighted by molar-refractivity contribution is 7.22. The van der Waals surface area contributed by atoms with Gasteiger partial charge >= 0.3 is 5.69 Å². The van der Waals surface area contributed by atoms with Gasteiger partial charge in [0.15, 0.2) is 0 Å². The molecule has 4 heterocycles. The van der Waals surface area contributed by atoms with Crippen molar-refractivity contribution in [2.75, 3.05) is 27.4 Å². The molecule has 1 fully saturated rings. The predicted octanol–water partition coefficient (Wildman–Crippen LogP) is 5.44. The predicted molar refractivity (Wildman–Crippen MR) is 164 cm³/mol. The number of aromatic nitrogens is 3. The van der Waals surface area contributed by atoms with Crippen LogP contribution in [0.15, 0.2) is 68.9 Å². The number of rotatable bonds is 9. The number of benzene rings is 2. The van der Waals surface area contributed by atoms with Crippen LogP contribution in [0.25, 0.3) is 26.7 Å². The maximum absolute atomic E-state index is 14.5. The minimum atomic E-state index is -0.557. The molecular formula is C32H33N3O7S. The lowest BCUT2D eigenvalue weighted by atomic mass is 10.1. The van der Waals surface area contributed by atoms with Crippen LogP contribution in [0.5, 0.6) is 11.5 Å². The van der Waals surface area contributed by atoms with Crippen LogP contribution in [0.1, 0.15) is 35.6 Å². The summed E-state index contributed by atoms with van der Waals surface area (Å²) in [6, 6.07) is 13.0. The lowest BCUT2D eigenvalue weighted by Crippen LogP contribution is -2.40. The molecule has 1 unspecified atom stereocenters. The molecule has 5 aromatic rings. The van der Waals surface area contributed by atoms with Gasteiger partial charge in [-0.1, -0.05) is 30.3 Å². The Morgan fingerprint density at radius 2 is 1.84 bits per heavy atom.